The van der Waals surface area contributed by atoms with E-state index in [2.05, 4.69) is 44.8 Å². The molecule has 2 fully saturated rings. The number of likely N-dealkylation sites (N-methyl/N-ethyl adjacent to an activating group) is 1. The largest absolute Gasteiger partial charge is 0.478 e. The molecule has 7 rings (SSSR count). The SMILES string of the molecule is CCCCN(c1ncc(Cl)c(Nc2ccc3c(c2)cc(OCC(=O)NC)c(=O)n3C)n1)C1CCN(c2ccc3c(C4CCC(=O)NC4=O)nn(C)c3c2)CC1. The van der Waals surface area contributed by atoms with Crippen molar-refractivity contribution >= 4 is 74.3 Å². The average Bonchev–Trinajstić information content (AvgIpc) is 3.51. The number of pyridine rings is 1. The van der Waals surface area contributed by atoms with Crippen LogP contribution < -0.4 is 36.0 Å². The first-order chi connectivity index (χ1) is 26.5. The number of imide groups is 1. The molecule has 1 unspecified atom stereocenters. The van der Waals surface area contributed by atoms with Gasteiger partial charge in [-0.3, -0.25) is 29.2 Å². The van der Waals surface area contributed by atoms with Gasteiger partial charge in [-0.15, -0.1) is 0 Å². The molecular weight excluding hydrogens is 724 g/mol. The zero-order chi connectivity index (χ0) is 38.8. The molecule has 0 aliphatic carbocycles. The maximum atomic E-state index is 12.9. The smallest absolute Gasteiger partial charge is 0.293 e. The third-order valence-electron chi connectivity index (χ3n) is 10.5. The quantitative estimate of drug-likeness (QED) is 0.153. The number of anilines is 4. The molecule has 2 saturated heterocycles. The number of fused-ring (bicyclic) bond motifs is 2. The van der Waals surface area contributed by atoms with Crippen LogP contribution in [0.4, 0.5) is 23.1 Å². The number of nitrogens with one attached hydrogen (secondary N) is 3. The van der Waals surface area contributed by atoms with E-state index in [0.717, 1.165) is 67.3 Å². The fraction of sp³-hybridized carbons (Fsp3) is 0.410. The summed E-state index contributed by atoms with van der Waals surface area (Å²) in [6.45, 7) is 4.38. The molecule has 2 aliphatic rings. The van der Waals surface area contributed by atoms with Gasteiger partial charge in [-0.1, -0.05) is 24.9 Å². The topological polar surface area (TPSA) is 169 Å². The van der Waals surface area contributed by atoms with E-state index in [1.165, 1.54) is 11.6 Å². The normalized spacial score (nSPS) is 16.4. The second-order valence-electron chi connectivity index (χ2n) is 14.1. The van der Waals surface area contributed by atoms with Crippen molar-refractivity contribution in [1.29, 1.82) is 0 Å². The van der Waals surface area contributed by atoms with Crippen LogP contribution in [-0.4, -0.2) is 81.4 Å². The second-order valence-corrected chi connectivity index (χ2v) is 14.5. The van der Waals surface area contributed by atoms with Crippen molar-refractivity contribution in [2.45, 2.75) is 57.4 Å². The number of nitrogens with zero attached hydrogens (tertiary/aromatic N) is 7. The summed E-state index contributed by atoms with van der Waals surface area (Å²) >= 11 is 6.66. The van der Waals surface area contributed by atoms with E-state index in [0.29, 0.717) is 46.5 Å². The molecule has 0 spiro atoms. The Balaban J connectivity index is 1.07. The number of carbonyl (C=O) groups excluding carboxylic acids is 3. The number of amides is 3. The van der Waals surface area contributed by atoms with E-state index in [4.69, 9.17) is 31.4 Å². The van der Waals surface area contributed by atoms with Gasteiger partial charge in [-0.05, 0) is 68.1 Å². The molecule has 15 nitrogen and oxygen atoms in total. The third kappa shape index (κ3) is 7.79. The van der Waals surface area contributed by atoms with Gasteiger partial charge in [0.1, 0.15) is 5.02 Å². The highest BCUT2D eigenvalue weighted by atomic mass is 35.5. The van der Waals surface area contributed by atoms with E-state index >= 15 is 0 Å². The van der Waals surface area contributed by atoms with Crippen LogP contribution in [0.5, 0.6) is 5.75 Å². The van der Waals surface area contributed by atoms with Gasteiger partial charge in [0.2, 0.25) is 17.8 Å². The molecule has 3 N–H and O–H groups in total. The molecule has 55 heavy (non-hydrogen) atoms. The van der Waals surface area contributed by atoms with Crippen LogP contribution in [-0.2, 0) is 28.5 Å². The number of aryl methyl sites for hydroxylation is 2. The number of benzene rings is 2. The van der Waals surface area contributed by atoms with Crippen LogP contribution in [0.15, 0.2) is 53.5 Å². The Morgan fingerprint density at radius 1 is 1.05 bits per heavy atom. The Kier molecular flexibility index (Phi) is 10.9. The van der Waals surface area contributed by atoms with E-state index in [1.54, 1.807) is 19.3 Å². The summed E-state index contributed by atoms with van der Waals surface area (Å²) in [5, 5.41) is 15.0. The van der Waals surface area contributed by atoms with Gasteiger partial charge >= 0.3 is 0 Å². The molecule has 0 bridgehead atoms. The monoisotopic (exact) mass is 768 g/mol. The minimum Gasteiger partial charge on any atom is -0.478 e. The molecule has 3 aromatic heterocycles. The minimum atomic E-state index is -0.442. The number of halogens is 1. The molecule has 5 aromatic rings. The molecule has 288 valence electrons. The van der Waals surface area contributed by atoms with Crippen LogP contribution in [0.1, 0.15) is 57.1 Å². The minimum absolute atomic E-state index is 0.0761. The van der Waals surface area contributed by atoms with Crippen molar-refractivity contribution < 1.29 is 19.1 Å². The van der Waals surface area contributed by atoms with Gasteiger partial charge in [-0.2, -0.15) is 10.1 Å². The molecule has 0 radical (unpaired) electrons. The zero-order valence-corrected chi connectivity index (χ0v) is 32.2. The van der Waals surface area contributed by atoms with Crippen molar-refractivity contribution in [3.05, 3.63) is 69.7 Å². The Morgan fingerprint density at radius 3 is 2.60 bits per heavy atom. The predicted octanol–water partition coefficient (Wildman–Crippen LogP) is 4.53. The number of hydrogen-bond donors (Lipinski definition) is 3. The molecule has 5 heterocycles. The number of aromatic nitrogens is 5. The average molecular weight is 769 g/mol. The highest BCUT2D eigenvalue weighted by Crippen LogP contribution is 2.34. The molecule has 16 heteroatoms. The number of ether oxygens (including phenoxy) is 1. The van der Waals surface area contributed by atoms with Crippen LogP contribution in [0, 0.1) is 0 Å². The second kappa shape index (κ2) is 16.0. The van der Waals surface area contributed by atoms with Crippen molar-refractivity contribution in [2.75, 3.05) is 48.4 Å². The number of unbranched alkanes of at least 4 members (excludes halogenated alkanes) is 1. The van der Waals surface area contributed by atoms with Crippen molar-refractivity contribution in [1.82, 2.24) is 34.9 Å². The number of rotatable bonds is 12. The van der Waals surface area contributed by atoms with Gasteiger partial charge in [0.05, 0.1) is 28.8 Å². The van der Waals surface area contributed by atoms with Crippen LogP contribution in [0.3, 0.4) is 0 Å². The summed E-state index contributed by atoms with van der Waals surface area (Å²) < 4.78 is 8.84. The van der Waals surface area contributed by atoms with Gasteiger partial charge in [0.15, 0.2) is 18.2 Å². The van der Waals surface area contributed by atoms with E-state index in [9.17, 15) is 19.2 Å². The third-order valence-corrected chi connectivity index (χ3v) is 10.8. The highest BCUT2D eigenvalue weighted by molar-refractivity contribution is 6.33. The summed E-state index contributed by atoms with van der Waals surface area (Å²) in [7, 11) is 5.06. The molecule has 1 atom stereocenters. The summed E-state index contributed by atoms with van der Waals surface area (Å²) in [6.07, 6.45) is 6.20. The lowest BCUT2D eigenvalue weighted by Gasteiger charge is -2.39. The molecule has 2 aliphatic heterocycles. The van der Waals surface area contributed by atoms with E-state index in [-0.39, 0.29) is 41.7 Å². The first-order valence-corrected chi connectivity index (χ1v) is 19.0. The van der Waals surface area contributed by atoms with Gasteiger partial charge in [-0.25, -0.2) is 4.98 Å². The maximum Gasteiger partial charge on any atom is 0.293 e. The molecule has 2 aromatic carbocycles. The van der Waals surface area contributed by atoms with Crippen LogP contribution in [0.2, 0.25) is 5.02 Å². The molecular formula is C39H45ClN10O5. The summed E-state index contributed by atoms with van der Waals surface area (Å²) in [5.41, 5.74) is 3.82. The number of carbonyl (C=O) groups is 3. The van der Waals surface area contributed by atoms with Crippen molar-refractivity contribution in [2.24, 2.45) is 14.1 Å². The maximum absolute atomic E-state index is 12.9. The number of hydrogen-bond acceptors (Lipinski definition) is 11. The summed E-state index contributed by atoms with van der Waals surface area (Å²) in [5.74, 6) is -0.159. The lowest BCUT2D eigenvalue weighted by molar-refractivity contribution is -0.134. The van der Waals surface area contributed by atoms with Crippen molar-refractivity contribution in [3.8, 4) is 5.75 Å². The standard InChI is InChI=1S/C39H45ClN10O5/c1-5-6-15-50(25-13-16-49(17-14-25)26-8-9-27-31(20-26)48(4)46-35(27)28-10-12-33(51)44-37(28)53)39-42-21-29(40)36(45-39)43-24-7-11-30-23(18-24)19-32(38(54)47(30)3)55-22-34(52)41-2/h7-9,11,18-21,25,28H,5-6,10,12-17,22H2,1-4H3,(H,41,52)(H,42,43,45)(H,44,51,53). The Hall–Kier alpha value is -5.70. The molecule has 3 amide bonds. The first kappa shape index (κ1) is 37.6. The van der Waals surface area contributed by atoms with E-state index in [1.807, 2.05) is 36.0 Å². The van der Waals surface area contributed by atoms with Crippen molar-refractivity contribution in [3.63, 3.8) is 0 Å². The predicted molar refractivity (Wildman–Crippen MR) is 212 cm³/mol. The van der Waals surface area contributed by atoms with Crippen LogP contribution in [0.25, 0.3) is 21.8 Å². The summed E-state index contributed by atoms with van der Waals surface area (Å²) in [6, 6.07) is 13.7. The van der Waals surface area contributed by atoms with Gasteiger partial charge in [0.25, 0.3) is 11.5 Å². The van der Waals surface area contributed by atoms with Gasteiger partial charge in [0, 0.05) is 75.4 Å². The summed E-state index contributed by atoms with van der Waals surface area (Å²) in [4.78, 5) is 63.3. The fourth-order valence-corrected chi connectivity index (χ4v) is 7.60. The van der Waals surface area contributed by atoms with E-state index < -0.39 is 5.92 Å². The number of piperidine rings is 2. The Morgan fingerprint density at radius 2 is 1.85 bits per heavy atom. The zero-order valence-electron chi connectivity index (χ0n) is 31.4. The fourth-order valence-electron chi connectivity index (χ4n) is 7.46. The Bertz CT molecular complexity index is 2330. The van der Waals surface area contributed by atoms with Crippen LogP contribution >= 0.6 is 11.6 Å². The highest BCUT2D eigenvalue weighted by Gasteiger charge is 2.32. The lowest BCUT2D eigenvalue weighted by atomic mass is 9.92. The first-order valence-electron chi connectivity index (χ1n) is 18.6. The Labute approximate surface area is 323 Å². The van der Waals surface area contributed by atoms with Gasteiger partial charge < -0.3 is 29.7 Å². The lowest BCUT2D eigenvalue weighted by Crippen LogP contribution is -2.46. The molecule has 0 saturated carbocycles.